The summed E-state index contributed by atoms with van der Waals surface area (Å²) in [5.74, 6) is 0.449. The average Bonchev–Trinajstić information content (AvgIpc) is 2.66. The monoisotopic (exact) mass is 197 g/mol. The highest BCUT2D eigenvalue weighted by molar-refractivity contribution is 5.46. The summed E-state index contributed by atoms with van der Waals surface area (Å²) in [5, 5.41) is 2.97. The van der Waals surface area contributed by atoms with Crippen molar-refractivity contribution in [2.75, 3.05) is 20.4 Å². The van der Waals surface area contributed by atoms with E-state index in [4.69, 9.17) is 9.47 Å². The van der Waals surface area contributed by atoms with E-state index < -0.39 is 0 Å². The molecule has 0 amide bonds. The molecule has 0 aromatic heterocycles. The molecule has 1 aromatic carbocycles. The molecule has 0 bridgehead atoms. The van der Waals surface area contributed by atoms with E-state index in [1.54, 1.807) is 12.1 Å². The SMILES string of the molecule is CNCCc1ccc2c(c1F)OCO2. The molecule has 0 saturated carbocycles. The molecule has 14 heavy (non-hydrogen) atoms. The summed E-state index contributed by atoms with van der Waals surface area (Å²) < 4.78 is 23.8. The molecular formula is C10H12FNO2. The lowest BCUT2D eigenvalue weighted by Crippen LogP contribution is -2.11. The highest BCUT2D eigenvalue weighted by atomic mass is 19.1. The number of halogens is 1. The van der Waals surface area contributed by atoms with Gasteiger partial charge in [-0.25, -0.2) is 4.39 Å². The number of nitrogens with one attached hydrogen (secondary N) is 1. The first-order chi connectivity index (χ1) is 6.83. The van der Waals surface area contributed by atoms with Crippen LogP contribution < -0.4 is 14.8 Å². The number of hydrogen-bond acceptors (Lipinski definition) is 3. The molecule has 76 valence electrons. The van der Waals surface area contributed by atoms with Crippen LogP contribution in [-0.4, -0.2) is 20.4 Å². The molecule has 2 rings (SSSR count). The van der Waals surface area contributed by atoms with Crippen LogP contribution in [-0.2, 0) is 6.42 Å². The fourth-order valence-electron chi connectivity index (χ4n) is 1.43. The van der Waals surface area contributed by atoms with Gasteiger partial charge >= 0.3 is 0 Å². The maximum atomic E-state index is 13.7. The Hall–Kier alpha value is -1.29. The third-order valence-corrected chi connectivity index (χ3v) is 2.20. The van der Waals surface area contributed by atoms with Crippen LogP contribution in [0.4, 0.5) is 4.39 Å². The van der Waals surface area contributed by atoms with Crippen molar-refractivity contribution < 1.29 is 13.9 Å². The Morgan fingerprint density at radius 1 is 1.43 bits per heavy atom. The highest BCUT2D eigenvalue weighted by Crippen LogP contribution is 2.36. The standard InChI is InChI=1S/C10H12FNO2/c1-12-5-4-7-2-3-8-10(9(7)11)14-6-13-8/h2-3,12H,4-6H2,1H3. The van der Waals surface area contributed by atoms with Crippen LogP contribution in [0.3, 0.4) is 0 Å². The Labute approximate surface area is 81.8 Å². The predicted octanol–water partition coefficient (Wildman–Crippen LogP) is 1.32. The summed E-state index contributed by atoms with van der Waals surface area (Å²) in [4.78, 5) is 0. The second-order valence-electron chi connectivity index (χ2n) is 3.13. The van der Waals surface area contributed by atoms with Crippen molar-refractivity contribution in [3.63, 3.8) is 0 Å². The molecule has 3 nitrogen and oxygen atoms in total. The molecule has 0 aliphatic carbocycles. The van der Waals surface area contributed by atoms with Gasteiger partial charge < -0.3 is 14.8 Å². The molecule has 0 atom stereocenters. The van der Waals surface area contributed by atoms with Crippen LogP contribution in [0.2, 0.25) is 0 Å². The van der Waals surface area contributed by atoms with Gasteiger partial charge in [0.2, 0.25) is 12.5 Å². The fraction of sp³-hybridized carbons (Fsp3) is 0.400. The summed E-state index contributed by atoms with van der Waals surface area (Å²) in [5.41, 5.74) is 0.656. The van der Waals surface area contributed by atoms with Crippen molar-refractivity contribution in [1.29, 1.82) is 0 Å². The van der Waals surface area contributed by atoms with E-state index in [0.29, 0.717) is 17.7 Å². The van der Waals surface area contributed by atoms with E-state index in [2.05, 4.69) is 5.32 Å². The topological polar surface area (TPSA) is 30.5 Å². The van der Waals surface area contributed by atoms with Gasteiger partial charge in [0.15, 0.2) is 11.6 Å². The molecule has 0 spiro atoms. The van der Waals surface area contributed by atoms with Gasteiger partial charge in [0.1, 0.15) is 0 Å². The van der Waals surface area contributed by atoms with E-state index in [1.165, 1.54) is 0 Å². The first-order valence-electron chi connectivity index (χ1n) is 4.54. The normalized spacial score (nSPS) is 13.3. The largest absolute Gasteiger partial charge is 0.453 e. The molecule has 1 N–H and O–H groups in total. The van der Waals surface area contributed by atoms with Gasteiger partial charge in [-0.2, -0.15) is 0 Å². The Morgan fingerprint density at radius 3 is 3.07 bits per heavy atom. The fourth-order valence-corrected chi connectivity index (χ4v) is 1.43. The second kappa shape index (κ2) is 3.84. The maximum absolute atomic E-state index is 13.7. The smallest absolute Gasteiger partial charge is 0.231 e. The van der Waals surface area contributed by atoms with Crippen molar-refractivity contribution in [1.82, 2.24) is 5.32 Å². The minimum Gasteiger partial charge on any atom is -0.453 e. The highest BCUT2D eigenvalue weighted by Gasteiger charge is 2.20. The van der Waals surface area contributed by atoms with E-state index in [9.17, 15) is 4.39 Å². The molecule has 4 heteroatoms. The Kier molecular flexibility index (Phi) is 2.54. The minimum absolute atomic E-state index is 0.113. The van der Waals surface area contributed by atoms with Gasteiger partial charge in [-0.05, 0) is 31.6 Å². The number of benzene rings is 1. The van der Waals surface area contributed by atoms with Gasteiger partial charge in [0.25, 0.3) is 0 Å². The lowest BCUT2D eigenvalue weighted by atomic mass is 10.1. The quantitative estimate of drug-likeness (QED) is 0.792. The Balaban J connectivity index is 2.26. The molecule has 0 fully saturated rings. The third kappa shape index (κ3) is 1.53. The van der Waals surface area contributed by atoms with Crippen molar-refractivity contribution in [2.24, 2.45) is 0 Å². The third-order valence-electron chi connectivity index (χ3n) is 2.20. The average molecular weight is 197 g/mol. The Bertz CT molecular complexity index is 341. The van der Waals surface area contributed by atoms with Crippen molar-refractivity contribution in [3.05, 3.63) is 23.5 Å². The Morgan fingerprint density at radius 2 is 2.29 bits per heavy atom. The first kappa shape index (κ1) is 9.27. The number of ether oxygens (including phenoxy) is 2. The van der Waals surface area contributed by atoms with E-state index >= 15 is 0 Å². The van der Waals surface area contributed by atoms with Crippen molar-refractivity contribution in [2.45, 2.75) is 6.42 Å². The first-order valence-corrected chi connectivity index (χ1v) is 4.54. The van der Waals surface area contributed by atoms with Crippen LogP contribution in [0.1, 0.15) is 5.56 Å². The molecule has 1 aliphatic heterocycles. The van der Waals surface area contributed by atoms with Gasteiger partial charge in [-0.1, -0.05) is 6.07 Å². The second-order valence-corrected chi connectivity index (χ2v) is 3.13. The predicted molar refractivity (Wildman–Crippen MR) is 50.2 cm³/mol. The van der Waals surface area contributed by atoms with Gasteiger partial charge in [-0.3, -0.25) is 0 Å². The van der Waals surface area contributed by atoms with Gasteiger partial charge in [-0.15, -0.1) is 0 Å². The summed E-state index contributed by atoms with van der Waals surface area (Å²) >= 11 is 0. The van der Waals surface area contributed by atoms with E-state index in [0.717, 1.165) is 6.54 Å². The molecular weight excluding hydrogens is 185 g/mol. The molecule has 1 aromatic rings. The zero-order valence-corrected chi connectivity index (χ0v) is 7.97. The molecule has 1 heterocycles. The molecule has 0 saturated heterocycles. The lowest BCUT2D eigenvalue weighted by molar-refractivity contribution is 0.170. The van der Waals surface area contributed by atoms with E-state index in [1.807, 2.05) is 7.05 Å². The summed E-state index contributed by atoms with van der Waals surface area (Å²) in [6.07, 6.45) is 0.652. The van der Waals surface area contributed by atoms with Crippen LogP contribution in [0.15, 0.2) is 12.1 Å². The summed E-state index contributed by atoms with van der Waals surface area (Å²) in [7, 11) is 1.84. The maximum Gasteiger partial charge on any atom is 0.231 e. The van der Waals surface area contributed by atoms with Gasteiger partial charge in [0.05, 0.1) is 0 Å². The minimum atomic E-state index is -0.296. The zero-order valence-electron chi connectivity index (χ0n) is 7.97. The van der Waals surface area contributed by atoms with Crippen molar-refractivity contribution in [3.8, 4) is 11.5 Å². The van der Waals surface area contributed by atoms with Crippen LogP contribution in [0.5, 0.6) is 11.5 Å². The van der Waals surface area contributed by atoms with Crippen LogP contribution in [0, 0.1) is 5.82 Å². The molecule has 0 unspecified atom stereocenters. The number of likely N-dealkylation sites (N-methyl/N-ethyl adjacent to an activating group) is 1. The molecule has 0 radical (unpaired) electrons. The van der Waals surface area contributed by atoms with E-state index in [-0.39, 0.29) is 18.4 Å². The van der Waals surface area contributed by atoms with Crippen LogP contribution >= 0.6 is 0 Å². The number of rotatable bonds is 3. The zero-order chi connectivity index (χ0) is 9.97. The summed E-state index contributed by atoms with van der Waals surface area (Å²) in [6, 6.07) is 3.48. The lowest BCUT2D eigenvalue weighted by Gasteiger charge is -2.04. The number of fused-ring (bicyclic) bond motifs is 1. The molecule has 1 aliphatic rings. The van der Waals surface area contributed by atoms with Gasteiger partial charge in [0, 0.05) is 0 Å². The summed E-state index contributed by atoms with van der Waals surface area (Å²) in [6.45, 7) is 0.859. The van der Waals surface area contributed by atoms with Crippen molar-refractivity contribution >= 4 is 0 Å². The van der Waals surface area contributed by atoms with Crippen LogP contribution in [0.25, 0.3) is 0 Å². The number of hydrogen-bond donors (Lipinski definition) is 1.